The van der Waals surface area contributed by atoms with Gasteiger partial charge in [-0.3, -0.25) is 4.79 Å². The number of aryl methyl sites for hydroxylation is 1. The first-order chi connectivity index (χ1) is 6.81. The number of hydrogen-bond acceptors (Lipinski definition) is 3. The molecule has 0 aliphatic heterocycles. The van der Waals surface area contributed by atoms with Crippen LogP contribution in [0.3, 0.4) is 0 Å². The third-order valence-electron chi connectivity index (χ3n) is 2.11. The molecule has 0 saturated carbocycles. The Morgan fingerprint density at radius 2 is 2.36 bits per heavy atom. The third-order valence-corrected chi connectivity index (χ3v) is 2.11. The smallest absolute Gasteiger partial charge is 0.276 e. The molecular weight excluding hydrogens is 180 g/mol. The highest BCUT2D eigenvalue weighted by atomic mass is 16.1. The number of fused-ring (bicyclic) bond motifs is 1. The molecule has 0 aromatic carbocycles. The maximum Gasteiger partial charge on any atom is 0.276 e. The van der Waals surface area contributed by atoms with Gasteiger partial charge < -0.3 is 9.97 Å². The molecular formula is C9H12N4O. The lowest BCUT2D eigenvalue weighted by atomic mass is 10.2. The lowest BCUT2D eigenvalue weighted by molar-refractivity contribution is 0.764. The van der Waals surface area contributed by atoms with Crippen molar-refractivity contribution >= 4 is 11.2 Å². The predicted octanol–water partition coefficient (Wildman–Crippen LogP) is 0.989. The molecule has 2 aromatic rings. The summed E-state index contributed by atoms with van der Waals surface area (Å²) in [5.74, 6) is 0.839. The Kier molecular flexibility index (Phi) is 2.30. The molecule has 0 bridgehead atoms. The van der Waals surface area contributed by atoms with Crippen LogP contribution in [0.2, 0.25) is 0 Å². The van der Waals surface area contributed by atoms with Crippen LogP contribution in [0.4, 0.5) is 0 Å². The number of nitrogens with one attached hydrogen (secondary N) is 2. The Balaban J connectivity index is 2.41. The zero-order valence-electron chi connectivity index (χ0n) is 8.00. The molecule has 0 radical (unpaired) electrons. The molecule has 14 heavy (non-hydrogen) atoms. The summed E-state index contributed by atoms with van der Waals surface area (Å²) in [6, 6.07) is 0. The van der Waals surface area contributed by atoms with E-state index in [-0.39, 0.29) is 5.56 Å². The van der Waals surface area contributed by atoms with Crippen LogP contribution in [-0.2, 0) is 6.42 Å². The van der Waals surface area contributed by atoms with E-state index >= 15 is 0 Å². The van der Waals surface area contributed by atoms with Crippen molar-refractivity contribution in [2.75, 3.05) is 0 Å². The molecule has 5 nitrogen and oxygen atoms in total. The molecule has 5 heteroatoms. The van der Waals surface area contributed by atoms with Crippen molar-refractivity contribution < 1.29 is 0 Å². The highest BCUT2D eigenvalue weighted by Gasteiger charge is 2.05. The minimum absolute atomic E-state index is 0.162. The molecule has 2 heterocycles. The summed E-state index contributed by atoms with van der Waals surface area (Å²) in [5, 5.41) is 0. The maximum atomic E-state index is 11.3. The molecule has 2 rings (SSSR count). The zero-order valence-corrected chi connectivity index (χ0v) is 8.00. The van der Waals surface area contributed by atoms with Gasteiger partial charge in [0.25, 0.3) is 5.56 Å². The number of hydrogen-bond donors (Lipinski definition) is 2. The Morgan fingerprint density at radius 1 is 1.50 bits per heavy atom. The van der Waals surface area contributed by atoms with Crippen molar-refractivity contribution in [3.63, 3.8) is 0 Å². The van der Waals surface area contributed by atoms with E-state index in [2.05, 4.69) is 26.9 Å². The molecule has 0 spiro atoms. The fraction of sp³-hybridized carbons (Fsp3) is 0.444. The molecule has 0 unspecified atom stereocenters. The van der Waals surface area contributed by atoms with Crippen molar-refractivity contribution in [1.29, 1.82) is 0 Å². The van der Waals surface area contributed by atoms with Gasteiger partial charge in [-0.2, -0.15) is 0 Å². The van der Waals surface area contributed by atoms with E-state index in [0.717, 1.165) is 25.1 Å². The monoisotopic (exact) mass is 192 g/mol. The van der Waals surface area contributed by atoms with Crippen LogP contribution in [0.25, 0.3) is 11.2 Å². The van der Waals surface area contributed by atoms with Gasteiger partial charge in [0, 0.05) is 6.42 Å². The summed E-state index contributed by atoms with van der Waals surface area (Å²) in [7, 11) is 0. The van der Waals surface area contributed by atoms with Gasteiger partial charge in [0.2, 0.25) is 0 Å². The molecule has 0 atom stereocenters. The number of unbranched alkanes of at least 4 members (excludes halogenated alkanes) is 1. The van der Waals surface area contributed by atoms with E-state index in [1.54, 1.807) is 0 Å². The van der Waals surface area contributed by atoms with Crippen molar-refractivity contribution in [3.8, 4) is 0 Å². The first-order valence-electron chi connectivity index (χ1n) is 4.73. The summed E-state index contributed by atoms with van der Waals surface area (Å²) >= 11 is 0. The van der Waals surface area contributed by atoms with Gasteiger partial charge in [-0.1, -0.05) is 13.3 Å². The summed E-state index contributed by atoms with van der Waals surface area (Å²) < 4.78 is 0. The Labute approximate surface area is 80.6 Å². The minimum atomic E-state index is -0.162. The Hall–Kier alpha value is -1.65. The van der Waals surface area contributed by atoms with Gasteiger partial charge >= 0.3 is 0 Å². The van der Waals surface area contributed by atoms with Crippen molar-refractivity contribution in [1.82, 2.24) is 19.9 Å². The predicted molar refractivity (Wildman–Crippen MR) is 53.1 cm³/mol. The van der Waals surface area contributed by atoms with Crippen molar-refractivity contribution in [3.05, 3.63) is 22.5 Å². The van der Waals surface area contributed by atoms with Gasteiger partial charge in [-0.25, -0.2) is 9.97 Å². The number of H-pyrrole nitrogens is 2. The van der Waals surface area contributed by atoms with Gasteiger partial charge in [0.15, 0.2) is 11.2 Å². The van der Waals surface area contributed by atoms with Gasteiger partial charge in [0.1, 0.15) is 5.82 Å². The van der Waals surface area contributed by atoms with Crippen molar-refractivity contribution in [2.45, 2.75) is 26.2 Å². The number of aromatic amines is 2. The Bertz CT molecular complexity index is 485. The second-order valence-corrected chi connectivity index (χ2v) is 3.22. The van der Waals surface area contributed by atoms with Crippen LogP contribution in [-0.4, -0.2) is 19.9 Å². The average Bonchev–Trinajstić information content (AvgIpc) is 2.59. The van der Waals surface area contributed by atoms with Crippen LogP contribution < -0.4 is 5.56 Å². The third kappa shape index (κ3) is 1.53. The van der Waals surface area contributed by atoms with Crippen LogP contribution in [0.15, 0.2) is 11.1 Å². The number of aromatic nitrogens is 4. The van der Waals surface area contributed by atoms with E-state index in [4.69, 9.17) is 0 Å². The minimum Gasteiger partial charge on any atom is -0.336 e. The standard InChI is InChI=1S/C9H12N4O/c1-2-3-4-6-12-7-8(13-6)10-5-11-9(7)14/h5H,2-4H2,1H3,(H2,10,11,12,13,14). The van der Waals surface area contributed by atoms with Crippen molar-refractivity contribution in [2.24, 2.45) is 0 Å². The molecule has 0 fully saturated rings. The topological polar surface area (TPSA) is 74.4 Å². The summed E-state index contributed by atoms with van der Waals surface area (Å²) in [6.07, 6.45) is 4.42. The van der Waals surface area contributed by atoms with E-state index in [1.807, 2.05) is 0 Å². The van der Waals surface area contributed by atoms with Gasteiger partial charge in [-0.05, 0) is 6.42 Å². The largest absolute Gasteiger partial charge is 0.336 e. The zero-order chi connectivity index (χ0) is 9.97. The van der Waals surface area contributed by atoms with Crippen LogP contribution in [0.1, 0.15) is 25.6 Å². The molecule has 0 aliphatic rings. The number of nitrogens with zero attached hydrogens (tertiary/aromatic N) is 2. The Morgan fingerprint density at radius 3 is 3.07 bits per heavy atom. The fourth-order valence-electron chi connectivity index (χ4n) is 1.35. The maximum absolute atomic E-state index is 11.3. The first kappa shape index (κ1) is 8.93. The molecule has 0 aliphatic carbocycles. The molecule has 0 amide bonds. The lowest BCUT2D eigenvalue weighted by Gasteiger charge is -1.90. The number of rotatable bonds is 3. The second kappa shape index (κ2) is 3.61. The van der Waals surface area contributed by atoms with E-state index < -0.39 is 0 Å². The highest BCUT2D eigenvalue weighted by molar-refractivity contribution is 5.68. The first-order valence-corrected chi connectivity index (χ1v) is 4.73. The number of imidazole rings is 1. The second-order valence-electron chi connectivity index (χ2n) is 3.22. The van der Waals surface area contributed by atoms with E-state index in [9.17, 15) is 4.79 Å². The molecule has 0 saturated heterocycles. The summed E-state index contributed by atoms with van der Waals surface area (Å²) in [5.41, 5.74) is 0.809. The van der Waals surface area contributed by atoms with Crippen LogP contribution in [0, 0.1) is 0 Å². The van der Waals surface area contributed by atoms with E-state index in [1.165, 1.54) is 6.33 Å². The van der Waals surface area contributed by atoms with Gasteiger partial charge in [-0.15, -0.1) is 0 Å². The summed E-state index contributed by atoms with van der Waals surface area (Å²) in [4.78, 5) is 25.0. The molecule has 2 aromatic heterocycles. The van der Waals surface area contributed by atoms with Crippen LogP contribution in [0.5, 0.6) is 0 Å². The summed E-state index contributed by atoms with van der Waals surface area (Å²) in [6.45, 7) is 2.12. The quantitative estimate of drug-likeness (QED) is 0.761. The van der Waals surface area contributed by atoms with E-state index in [0.29, 0.717) is 11.2 Å². The SMILES string of the molecule is CCCCc1nc2nc[nH]c(=O)c2[nH]1. The van der Waals surface area contributed by atoms with Crippen LogP contribution >= 0.6 is 0 Å². The lowest BCUT2D eigenvalue weighted by Crippen LogP contribution is -2.05. The fourth-order valence-corrected chi connectivity index (χ4v) is 1.35. The highest BCUT2D eigenvalue weighted by Crippen LogP contribution is 2.05. The molecule has 74 valence electrons. The normalized spacial score (nSPS) is 10.9. The average molecular weight is 192 g/mol. The van der Waals surface area contributed by atoms with Gasteiger partial charge in [0.05, 0.1) is 6.33 Å². The molecule has 2 N–H and O–H groups in total.